The first-order valence-corrected chi connectivity index (χ1v) is 7.33. The van der Waals surface area contributed by atoms with Crippen molar-refractivity contribution in [3.8, 4) is 5.88 Å². The molecule has 0 spiro atoms. The maximum absolute atomic E-state index is 5.58. The number of methoxy groups -OCH3 is 1. The lowest BCUT2D eigenvalue weighted by atomic mass is 10.5. The number of thioether (sulfide) groups is 1. The fourth-order valence-electron chi connectivity index (χ4n) is 1.28. The van der Waals surface area contributed by atoms with Gasteiger partial charge in [0.2, 0.25) is 5.88 Å². The van der Waals surface area contributed by atoms with E-state index in [4.69, 9.17) is 14.2 Å². The second-order valence-electron chi connectivity index (χ2n) is 3.64. The van der Waals surface area contributed by atoms with Crippen LogP contribution in [0.5, 0.6) is 5.88 Å². The van der Waals surface area contributed by atoms with Gasteiger partial charge in [-0.05, 0) is 6.26 Å². The summed E-state index contributed by atoms with van der Waals surface area (Å²) < 4.78 is 15.8. The van der Waals surface area contributed by atoms with Crippen LogP contribution in [-0.4, -0.2) is 56.8 Å². The smallest absolute Gasteiger partial charge is 0.219 e. The van der Waals surface area contributed by atoms with Gasteiger partial charge in [-0.25, -0.2) is 4.98 Å². The average molecular weight is 287 g/mol. The monoisotopic (exact) mass is 287 g/mol. The van der Waals surface area contributed by atoms with Gasteiger partial charge in [-0.2, -0.15) is 4.98 Å². The largest absolute Gasteiger partial charge is 0.477 e. The molecule has 1 heterocycles. The van der Waals surface area contributed by atoms with Gasteiger partial charge >= 0.3 is 0 Å². The Bertz CT molecular complexity index is 344. The van der Waals surface area contributed by atoms with E-state index in [9.17, 15) is 0 Å². The van der Waals surface area contributed by atoms with E-state index in [0.29, 0.717) is 37.5 Å². The highest BCUT2D eigenvalue weighted by molar-refractivity contribution is 7.98. The van der Waals surface area contributed by atoms with Gasteiger partial charge in [0.15, 0.2) is 5.16 Å². The molecule has 1 aromatic heterocycles. The van der Waals surface area contributed by atoms with Crippen molar-refractivity contribution in [2.45, 2.75) is 11.6 Å². The quantitative estimate of drug-likeness (QED) is 0.399. The van der Waals surface area contributed by atoms with Gasteiger partial charge in [0.1, 0.15) is 5.82 Å². The zero-order valence-electron chi connectivity index (χ0n) is 11.6. The molecule has 6 nitrogen and oxygen atoms in total. The summed E-state index contributed by atoms with van der Waals surface area (Å²) in [5, 5.41) is 3.68. The highest BCUT2D eigenvalue weighted by Gasteiger charge is 2.03. The molecule has 0 aromatic carbocycles. The maximum atomic E-state index is 5.58. The minimum atomic E-state index is 0.570. The van der Waals surface area contributed by atoms with Crippen molar-refractivity contribution < 1.29 is 14.2 Å². The Balaban J connectivity index is 2.28. The summed E-state index contributed by atoms with van der Waals surface area (Å²) in [4.78, 5) is 8.55. The molecule has 0 bridgehead atoms. The predicted molar refractivity (Wildman–Crippen MR) is 76.2 cm³/mol. The lowest BCUT2D eigenvalue weighted by Gasteiger charge is -2.08. The standard InChI is InChI=1S/C12H21N3O3S/c1-13-10-9-11(15-12(14-10)19-3)18-6-4-5-17-8-7-16-2/h9H,4-8H2,1-3H3,(H,13,14,15). The minimum Gasteiger partial charge on any atom is -0.477 e. The molecule has 1 rings (SSSR count). The van der Waals surface area contributed by atoms with Gasteiger partial charge in [-0.3, -0.25) is 0 Å². The lowest BCUT2D eigenvalue weighted by Crippen LogP contribution is -2.08. The second-order valence-corrected chi connectivity index (χ2v) is 4.41. The van der Waals surface area contributed by atoms with Crippen molar-refractivity contribution in [3.63, 3.8) is 0 Å². The molecule has 0 radical (unpaired) electrons. The third-order valence-electron chi connectivity index (χ3n) is 2.24. The average Bonchev–Trinajstić information content (AvgIpc) is 2.45. The lowest BCUT2D eigenvalue weighted by molar-refractivity contribution is 0.0641. The highest BCUT2D eigenvalue weighted by atomic mass is 32.2. The molecule has 0 amide bonds. The number of hydrogen-bond acceptors (Lipinski definition) is 7. The summed E-state index contributed by atoms with van der Waals surface area (Å²) in [5.74, 6) is 1.34. The Labute approximate surface area is 118 Å². The topological polar surface area (TPSA) is 65.5 Å². The first-order valence-electron chi connectivity index (χ1n) is 6.10. The van der Waals surface area contributed by atoms with E-state index in [-0.39, 0.29) is 0 Å². The molecule has 0 fully saturated rings. The van der Waals surface area contributed by atoms with Gasteiger partial charge in [0, 0.05) is 33.3 Å². The van der Waals surface area contributed by atoms with E-state index in [1.165, 1.54) is 11.8 Å². The number of nitrogens with one attached hydrogen (secondary N) is 1. The Hall–Kier alpha value is -1.05. The van der Waals surface area contributed by atoms with Crippen molar-refractivity contribution >= 4 is 17.6 Å². The number of ether oxygens (including phenoxy) is 3. The van der Waals surface area contributed by atoms with Crippen LogP contribution in [0.3, 0.4) is 0 Å². The molecule has 19 heavy (non-hydrogen) atoms. The summed E-state index contributed by atoms with van der Waals surface area (Å²) >= 11 is 1.48. The zero-order chi connectivity index (χ0) is 13.9. The van der Waals surface area contributed by atoms with Gasteiger partial charge < -0.3 is 19.5 Å². The maximum Gasteiger partial charge on any atom is 0.219 e. The SMILES string of the molecule is CNc1cc(OCCCOCCOC)nc(SC)n1. The number of aromatic nitrogens is 2. The van der Waals surface area contributed by atoms with Crippen LogP contribution in [0.15, 0.2) is 11.2 Å². The van der Waals surface area contributed by atoms with Gasteiger partial charge in [0.05, 0.1) is 19.8 Å². The van der Waals surface area contributed by atoms with Gasteiger partial charge in [-0.15, -0.1) is 0 Å². The molecule has 0 aliphatic rings. The molecule has 1 aromatic rings. The van der Waals surface area contributed by atoms with Crippen LogP contribution in [0.2, 0.25) is 0 Å². The minimum absolute atomic E-state index is 0.570. The molecular weight excluding hydrogens is 266 g/mol. The second kappa shape index (κ2) is 9.82. The molecule has 0 aliphatic carbocycles. The molecular formula is C12H21N3O3S. The van der Waals surface area contributed by atoms with Crippen molar-refractivity contribution in [2.75, 3.05) is 52.2 Å². The van der Waals surface area contributed by atoms with Crippen LogP contribution < -0.4 is 10.1 Å². The van der Waals surface area contributed by atoms with E-state index < -0.39 is 0 Å². The number of rotatable bonds is 10. The summed E-state index contributed by atoms with van der Waals surface area (Å²) in [6, 6.07) is 1.78. The van der Waals surface area contributed by atoms with Crippen LogP contribution in [0.4, 0.5) is 5.82 Å². The van der Waals surface area contributed by atoms with E-state index in [1.54, 1.807) is 13.2 Å². The van der Waals surface area contributed by atoms with Crippen LogP contribution in [0, 0.1) is 0 Å². The Morgan fingerprint density at radius 1 is 1.21 bits per heavy atom. The molecule has 7 heteroatoms. The van der Waals surface area contributed by atoms with E-state index in [2.05, 4.69) is 15.3 Å². The molecule has 1 N–H and O–H groups in total. The predicted octanol–water partition coefficient (Wildman–Crippen LogP) is 1.67. The fourth-order valence-corrected chi connectivity index (χ4v) is 1.65. The van der Waals surface area contributed by atoms with E-state index in [1.807, 2.05) is 13.3 Å². The first kappa shape index (κ1) is 16.0. The molecule has 0 unspecified atom stereocenters. The third kappa shape index (κ3) is 6.60. The van der Waals surface area contributed by atoms with Crippen molar-refractivity contribution in [2.24, 2.45) is 0 Å². The van der Waals surface area contributed by atoms with Crippen LogP contribution in [0.25, 0.3) is 0 Å². The van der Waals surface area contributed by atoms with E-state index in [0.717, 1.165) is 12.2 Å². The molecule has 0 saturated heterocycles. The normalized spacial score (nSPS) is 10.5. The summed E-state index contributed by atoms with van der Waals surface area (Å²) in [6.07, 6.45) is 2.75. The summed E-state index contributed by atoms with van der Waals surface area (Å²) in [5.41, 5.74) is 0. The van der Waals surface area contributed by atoms with E-state index >= 15 is 0 Å². The molecule has 108 valence electrons. The Kier molecular flexibility index (Phi) is 8.28. The van der Waals surface area contributed by atoms with Gasteiger partial charge in [-0.1, -0.05) is 11.8 Å². The zero-order valence-corrected chi connectivity index (χ0v) is 12.5. The Morgan fingerprint density at radius 3 is 2.74 bits per heavy atom. The fraction of sp³-hybridized carbons (Fsp3) is 0.667. The number of nitrogens with zero attached hydrogens (tertiary/aromatic N) is 2. The summed E-state index contributed by atoms with van der Waals surface area (Å²) in [7, 11) is 3.48. The first-order chi connectivity index (χ1) is 9.30. The highest BCUT2D eigenvalue weighted by Crippen LogP contribution is 2.18. The van der Waals surface area contributed by atoms with Crippen LogP contribution in [-0.2, 0) is 9.47 Å². The third-order valence-corrected chi connectivity index (χ3v) is 2.78. The number of hydrogen-bond donors (Lipinski definition) is 1. The van der Waals surface area contributed by atoms with Crippen molar-refractivity contribution in [3.05, 3.63) is 6.07 Å². The summed E-state index contributed by atoms with van der Waals surface area (Å²) in [6.45, 7) is 2.46. The van der Waals surface area contributed by atoms with Crippen molar-refractivity contribution in [1.29, 1.82) is 0 Å². The van der Waals surface area contributed by atoms with Crippen LogP contribution in [0.1, 0.15) is 6.42 Å². The van der Waals surface area contributed by atoms with Gasteiger partial charge in [0.25, 0.3) is 0 Å². The molecule has 0 saturated carbocycles. The molecule has 0 aliphatic heterocycles. The van der Waals surface area contributed by atoms with Crippen LogP contribution >= 0.6 is 11.8 Å². The Morgan fingerprint density at radius 2 is 2.05 bits per heavy atom. The van der Waals surface area contributed by atoms with Crippen molar-refractivity contribution in [1.82, 2.24) is 9.97 Å². The molecule has 0 atom stereocenters. The number of anilines is 1.